The Hall–Kier alpha value is -0.910. The van der Waals surface area contributed by atoms with Crippen LogP contribution in [0.1, 0.15) is 17.9 Å². The molecule has 2 saturated heterocycles. The van der Waals surface area contributed by atoms with Crippen LogP contribution in [-0.4, -0.2) is 60.3 Å². The lowest BCUT2D eigenvalue weighted by Crippen LogP contribution is -2.50. The zero-order valence-corrected chi connectivity index (χ0v) is 11.1. The molecule has 1 aromatic heterocycles. The molecule has 5 heteroatoms. The first-order chi connectivity index (χ1) is 8.81. The average molecular weight is 250 g/mol. The molecule has 3 heterocycles. The van der Waals surface area contributed by atoms with Gasteiger partial charge >= 0.3 is 0 Å². The lowest BCUT2D eigenvalue weighted by atomic mass is 10.2. The molecule has 1 unspecified atom stereocenters. The van der Waals surface area contributed by atoms with Gasteiger partial charge in [0.25, 0.3) is 0 Å². The van der Waals surface area contributed by atoms with Gasteiger partial charge in [-0.05, 0) is 19.9 Å². The second-order valence-corrected chi connectivity index (χ2v) is 5.39. The molecule has 2 aliphatic rings. The Morgan fingerprint density at radius 1 is 1.39 bits per heavy atom. The van der Waals surface area contributed by atoms with Crippen molar-refractivity contribution in [3.05, 3.63) is 17.5 Å². The molecular weight excluding hydrogens is 228 g/mol. The van der Waals surface area contributed by atoms with Gasteiger partial charge in [-0.3, -0.25) is 9.80 Å². The van der Waals surface area contributed by atoms with Crippen molar-refractivity contribution in [3.8, 4) is 0 Å². The van der Waals surface area contributed by atoms with Crippen molar-refractivity contribution in [3.63, 3.8) is 0 Å². The quantitative estimate of drug-likeness (QED) is 0.844. The summed E-state index contributed by atoms with van der Waals surface area (Å²) in [6.45, 7) is 9.85. The SMILES string of the molecule is Cc1cc(CN2CCN(C3CCNC3)CC2)on1. The highest BCUT2D eigenvalue weighted by molar-refractivity contribution is 5.03. The standard InChI is InChI=1S/C13H22N4O/c1-11-8-13(18-15-11)10-16-4-6-17(7-5-16)12-2-3-14-9-12/h8,12,14H,2-7,9-10H2,1H3. The van der Waals surface area contributed by atoms with Gasteiger partial charge in [-0.2, -0.15) is 0 Å². The zero-order valence-electron chi connectivity index (χ0n) is 11.1. The summed E-state index contributed by atoms with van der Waals surface area (Å²) in [5.41, 5.74) is 0.973. The van der Waals surface area contributed by atoms with E-state index >= 15 is 0 Å². The summed E-state index contributed by atoms with van der Waals surface area (Å²) in [7, 11) is 0. The maximum atomic E-state index is 5.28. The van der Waals surface area contributed by atoms with E-state index in [1.165, 1.54) is 32.6 Å². The smallest absolute Gasteiger partial charge is 0.150 e. The number of piperazine rings is 1. The predicted octanol–water partition coefficient (Wildman–Crippen LogP) is 0.463. The van der Waals surface area contributed by atoms with Gasteiger partial charge in [-0.15, -0.1) is 0 Å². The van der Waals surface area contributed by atoms with Gasteiger partial charge in [0.15, 0.2) is 5.76 Å². The van der Waals surface area contributed by atoms with Crippen molar-refractivity contribution in [2.45, 2.75) is 25.9 Å². The number of nitrogens with zero attached hydrogens (tertiary/aromatic N) is 3. The minimum absolute atomic E-state index is 0.764. The van der Waals surface area contributed by atoms with Crippen LogP contribution < -0.4 is 5.32 Å². The van der Waals surface area contributed by atoms with Crippen molar-refractivity contribution in [2.24, 2.45) is 0 Å². The van der Waals surface area contributed by atoms with Crippen LogP contribution in [0.3, 0.4) is 0 Å². The van der Waals surface area contributed by atoms with E-state index in [2.05, 4.69) is 20.3 Å². The van der Waals surface area contributed by atoms with Gasteiger partial charge in [0.1, 0.15) is 0 Å². The van der Waals surface area contributed by atoms with Crippen LogP contribution in [0.5, 0.6) is 0 Å². The summed E-state index contributed by atoms with van der Waals surface area (Å²) in [6, 6.07) is 2.80. The van der Waals surface area contributed by atoms with Crippen LogP contribution in [0, 0.1) is 6.92 Å². The number of aromatic nitrogens is 1. The fourth-order valence-electron chi connectivity index (χ4n) is 2.95. The van der Waals surface area contributed by atoms with Crippen molar-refractivity contribution < 1.29 is 4.52 Å². The molecule has 0 saturated carbocycles. The third-order valence-corrected chi connectivity index (χ3v) is 4.01. The molecule has 0 bridgehead atoms. The number of rotatable bonds is 3. The summed E-state index contributed by atoms with van der Waals surface area (Å²) < 4.78 is 5.28. The normalized spacial score (nSPS) is 26.8. The summed E-state index contributed by atoms with van der Waals surface area (Å²) in [6.07, 6.45) is 1.31. The lowest BCUT2D eigenvalue weighted by molar-refractivity contribution is 0.0920. The first-order valence-electron chi connectivity index (χ1n) is 6.90. The van der Waals surface area contributed by atoms with E-state index in [0.29, 0.717) is 0 Å². The lowest BCUT2D eigenvalue weighted by Gasteiger charge is -2.37. The molecule has 2 fully saturated rings. The summed E-state index contributed by atoms with van der Waals surface area (Å²) >= 11 is 0. The van der Waals surface area contributed by atoms with Crippen LogP contribution in [0.2, 0.25) is 0 Å². The van der Waals surface area contributed by atoms with Crippen molar-refractivity contribution in [1.29, 1.82) is 0 Å². The van der Waals surface area contributed by atoms with Crippen molar-refractivity contribution in [2.75, 3.05) is 39.3 Å². The Labute approximate surface area is 108 Å². The fraction of sp³-hybridized carbons (Fsp3) is 0.769. The van der Waals surface area contributed by atoms with E-state index in [-0.39, 0.29) is 0 Å². The van der Waals surface area contributed by atoms with Gasteiger partial charge in [-0.25, -0.2) is 0 Å². The fourth-order valence-corrected chi connectivity index (χ4v) is 2.95. The van der Waals surface area contributed by atoms with E-state index in [9.17, 15) is 0 Å². The molecule has 18 heavy (non-hydrogen) atoms. The molecule has 0 amide bonds. The minimum atomic E-state index is 0.764. The Balaban J connectivity index is 1.47. The number of hydrogen-bond acceptors (Lipinski definition) is 5. The molecule has 1 N–H and O–H groups in total. The monoisotopic (exact) mass is 250 g/mol. The summed E-state index contributed by atoms with van der Waals surface area (Å²) in [5.74, 6) is 0.989. The topological polar surface area (TPSA) is 44.5 Å². The highest BCUT2D eigenvalue weighted by Gasteiger charge is 2.26. The average Bonchev–Trinajstić information content (AvgIpc) is 3.02. The molecule has 1 atom stereocenters. The Morgan fingerprint density at radius 2 is 2.22 bits per heavy atom. The van der Waals surface area contributed by atoms with Crippen molar-refractivity contribution in [1.82, 2.24) is 20.3 Å². The van der Waals surface area contributed by atoms with Crippen LogP contribution in [0.15, 0.2) is 10.6 Å². The first kappa shape index (κ1) is 12.1. The third-order valence-electron chi connectivity index (χ3n) is 4.01. The van der Waals surface area contributed by atoms with Crippen molar-refractivity contribution >= 4 is 0 Å². The predicted molar refractivity (Wildman–Crippen MR) is 69.4 cm³/mol. The summed E-state index contributed by atoms with van der Waals surface area (Å²) in [5, 5.41) is 7.38. The molecule has 0 aromatic carbocycles. The molecule has 3 rings (SSSR count). The van der Waals surface area contributed by atoms with Gasteiger partial charge < -0.3 is 9.84 Å². The van der Waals surface area contributed by atoms with Crippen LogP contribution in [0.4, 0.5) is 0 Å². The van der Waals surface area contributed by atoms with E-state index in [4.69, 9.17) is 4.52 Å². The maximum absolute atomic E-state index is 5.28. The highest BCUT2D eigenvalue weighted by Crippen LogP contribution is 2.14. The van der Waals surface area contributed by atoms with Gasteiger partial charge in [0.05, 0.1) is 12.2 Å². The van der Waals surface area contributed by atoms with Gasteiger partial charge in [-0.1, -0.05) is 5.16 Å². The molecule has 0 aliphatic carbocycles. The van der Waals surface area contributed by atoms with Crippen LogP contribution >= 0.6 is 0 Å². The van der Waals surface area contributed by atoms with Gasteiger partial charge in [0, 0.05) is 44.8 Å². The van der Waals surface area contributed by atoms with E-state index in [0.717, 1.165) is 37.1 Å². The van der Waals surface area contributed by atoms with E-state index < -0.39 is 0 Å². The maximum Gasteiger partial charge on any atom is 0.150 e. The molecule has 0 radical (unpaired) electrons. The molecule has 100 valence electrons. The van der Waals surface area contributed by atoms with E-state index in [1.54, 1.807) is 0 Å². The number of nitrogens with one attached hydrogen (secondary N) is 1. The molecule has 5 nitrogen and oxygen atoms in total. The molecular formula is C13H22N4O. The molecule has 1 aromatic rings. The van der Waals surface area contributed by atoms with E-state index in [1.807, 2.05) is 13.0 Å². The molecule has 2 aliphatic heterocycles. The molecule has 0 spiro atoms. The Bertz CT molecular complexity index is 378. The Morgan fingerprint density at radius 3 is 2.83 bits per heavy atom. The zero-order chi connectivity index (χ0) is 12.4. The third kappa shape index (κ3) is 2.74. The first-order valence-corrected chi connectivity index (χ1v) is 6.90. The largest absolute Gasteiger partial charge is 0.360 e. The number of hydrogen-bond donors (Lipinski definition) is 1. The van der Waals surface area contributed by atoms with Crippen LogP contribution in [-0.2, 0) is 6.54 Å². The highest BCUT2D eigenvalue weighted by atomic mass is 16.5. The second-order valence-electron chi connectivity index (χ2n) is 5.39. The number of aryl methyl sites for hydroxylation is 1. The van der Waals surface area contributed by atoms with Gasteiger partial charge in [0.2, 0.25) is 0 Å². The Kier molecular flexibility index (Phi) is 3.63. The van der Waals surface area contributed by atoms with Crippen LogP contribution in [0.25, 0.3) is 0 Å². The minimum Gasteiger partial charge on any atom is -0.360 e. The summed E-state index contributed by atoms with van der Waals surface area (Å²) in [4.78, 5) is 5.08. The second kappa shape index (κ2) is 5.38.